The zero-order valence-electron chi connectivity index (χ0n) is 13.8. The lowest BCUT2D eigenvalue weighted by molar-refractivity contribution is -0.154. The maximum Gasteiger partial charge on any atom is 0.306 e. The molecule has 0 aromatic heterocycles. The molecule has 0 aliphatic rings. The van der Waals surface area contributed by atoms with Gasteiger partial charge in [-0.2, -0.15) is 0 Å². The Bertz CT molecular complexity index is 313. The third-order valence-electron chi connectivity index (χ3n) is 3.46. The zero-order valence-corrected chi connectivity index (χ0v) is 13.8. The van der Waals surface area contributed by atoms with Crippen molar-refractivity contribution in [3.05, 3.63) is 24.3 Å². The maximum atomic E-state index is 11.9. The van der Waals surface area contributed by atoms with E-state index in [0.29, 0.717) is 6.42 Å². The van der Waals surface area contributed by atoms with Crippen LogP contribution in [0.5, 0.6) is 0 Å². The summed E-state index contributed by atoms with van der Waals surface area (Å²) in [6.07, 6.45) is 11.9. The van der Waals surface area contributed by atoms with E-state index in [2.05, 4.69) is 33.4 Å². The number of carbonyl (C=O) groups excluding carboxylic acids is 1. The summed E-state index contributed by atoms with van der Waals surface area (Å²) in [5.74, 6) is -0.0962. The van der Waals surface area contributed by atoms with Crippen molar-refractivity contribution >= 4 is 5.97 Å². The van der Waals surface area contributed by atoms with Gasteiger partial charge in [-0.25, -0.2) is 0 Å². The molecule has 0 aromatic rings. The minimum absolute atomic E-state index is 0.0962. The second kappa shape index (κ2) is 10.7. The van der Waals surface area contributed by atoms with Gasteiger partial charge in [0.15, 0.2) is 0 Å². The number of ether oxygens (including phenoxy) is 1. The van der Waals surface area contributed by atoms with E-state index < -0.39 is 5.60 Å². The standard InChI is InChI=1S/C18H32O2/c1-6-8-9-10-11-14-17(19)20-18(5,7-2)15-12-13-16(3)4/h7,13H,2,6,8-12,14-15H2,1,3-5H3. The Balaban J connectivity index is 4.03. The summed E-state index contributed by atoms with van der Waals surface area (Å²) in [5, 5.41) is 0. The maximum absolute atomic E-state index is 11.9. The van der Waals surface area contributed by atoms with Gasteiger partial charge < -0.3 is 4.74 Å². The molecule has 0 saturated carbocycles. The summed E-state index contributed by atoms with van der Waals surface area (Å²) < 4.78 is 5.59. The van der Waals surface area contributed by atoms with E-state index in [1.165, 1.54) is 24.8 Å². The molecule has 2 nitrogen and oxygen atoms in total. The van der Waals surface area contributed by atoms with E-state index in [0.717, 1.165) is 25.7 Å². The lowest BCUT2D eigenvalue weighted by atomic mass is 9.99. The van der Waals surface area contributed by atoms with Gasteiger partial charge in [0, 0.05) is 6.42 Å². The van der Waals surface area contributed by atoms with Crippen LogP contribution in [0.3, 0.4) is 0 Å². The molecule has 0 saturated heterocycles. The highest BCUT2D eigenvalue weighted by Gasteiger charge is 2.23. The van der Waals surface area contributed by atoms with Crippen LogP contribution in [-0.4, -0.2) is 11.6 Å². The Kier molecular flexibility index (Phi) is 10.1. The molecule has 0 aliphatic carbocycles. The van der Waals surface area contributed by atoms with Gasteiger partial charge in [0.1, 0.15) is 5.60 Å². The molecule has 0 fully saturated rings. The van der Waals surface area contributed by atoms with Crippen molar-refractivity contribution in [3.8, 4) is 0 Å². The smallest absolute Gasteiger partial charge is 0.306 e. The summed E-state index contributed by atoms with van der Waals surface area (Å²) in [7, 11) is 0. The Morgan fingerprint density at radius 2 is 1.85 bits per heavy atom. The highest BCUT2D eigenvalue weighted by atomic mass is 16.6. The van der Waals surface area contributed by atoms with Crippen LogP contribution in [-0.2, 0) is 9.53 Å². The molecule has 116 valence electrons. The van der Waals surface area contributed by atoms with Crippen LogP contribution in [0.4, 0.5) is 0 Å². The third-order valence-corrected chi connectivity index (χ3v) is 3.46. The largest absolute Gasteiger partial charge is 0.455 e. The van der Waals surface area contributed by atoms with E-state index in [1.54, 1.807) is 6.08 Å². The highest BCUT2D eigenvalue weighted by Crippen LogP contribution is 2.21. The van der Waals surface area contributed by atoms with Crippen molar-refractivity contribution in [3.63, 3.8) is 0 Å². The van der Waals surface area contributed by atoms with Crippen molar-refractivity contribution in [2.45, 2.75) is 84.7 Å². The molecule has 0 amide bonds. The van der Waals surface area contributed by atoms with Crippen LogP contribution >= 0.6 is 0 Å². The average molecular weight is 280 g/mol. The minimum Gasteiger partial charge on any atom is -0.455 e. The third kappa shape index (κ3) is 9.82. The van der Waals surface area contributed by atoms with Gasteiger partial charge in [0.2, 0.25) is 0 Å². The molecule has 0 radical (unpaired) electrons. The Hall–Kier alpha value is -1.05. The summed E-state index contributed by atoms with van der Waals surface area (Å²) in [4.78, 5) is 11.9. The van der Waals surface area contributed by atoms with Gasteiger partial charge in [-0.3, -0.25) is 4.79 Å². The van der Waals surface area contributed by atoms with Crippen LogP contribution in [0.25, 0.3) is 0 Å². The van der Waals surface area contributed by atoms with Crippen LogP contribution in [0.1, 0.15) is 79.1 Å². The molecular formula is C18H32O2. The lowest BCUT2D eigenvalue weighted by Gasteiger charge is -2.25. The van der Waals surface area contributed by atoms with Crippen molar-refractivity contribution in [2.75, 3.05) is 0 Å². The summed E-state index contributed by atoms with van der Waals surface area (Å²) >= 11 is 0. The summed E-state index contributed by atoms with van der Waals surface area (Å²) in [6, 6.07) is 0. The van der Waals surface area contributed by atoms with Gasteiger partial charge >= 0.3 is 5.97 Å². The number of hydrogen-bond acceptors (Lipinski definition) is 2. The average Bonchev–Trinajstić information content (AvgIpc) is 2.38. The Labute approximate surface area is 125 Å². The van der Waals surface area contributed by atoms with E-state index in [4.69, 9.17) is 4.74 Å². The van der Waals surface area contributed by atoms with Gasteiger partial charge in [-0.1, -0.05) is 50.8 Å². The predicted octanol–water partition coefficient (Wildman–Crippen LogP) is 5.58. The number of carbonyl (C=O) groups is 1. The first-order valence-electron chi connectivity index (χ1n) is 7.92. The molecule has 0 bridgehead atoms. The zero-order chi connectivity index (χ0) is 15.4. The molecule has 20 heavy (non-hydrogen) atoms. The van der Waals surface area contributed by atoms with E-state index in [9.17, 15) is 4.79 Å². The molecule has 0 heterocycles. The molecule has 0 rings (SSSR count). The first-order valence-corrected chi connectivity index (χ1v) is 7.92. The van der Waals surface area contributed by atoms with Crippen molar-refractivity contribution in [1.82, 2.24) is 0 Å². The van der Waals surface area contributed by atoms with Gasteiger partial charge in [-0.05, 0) is 46.1 Å². The first kappa shape index (κ1) is 18.9. The topological polar surface area (TPSA) is 26.3 Å². The van der Waals surface area contributed by atoms with Crippen LogP contribution in [0, 0.1) is 0 Å². The Morgan fingerprint density at radius 3 is 2.40 bits per heavy atom. The second-order valence-electron chi connectivity index (χ2n) is 5.98. The minimum atomic E-state index is -0.535. The number of esters is 1. The summed E-state index contributed by atoms with van der Waals surface area (Å²) in [6.45, 7) is 12.1. The molecule has 0 aromatic carbocycles. The second-order valence-corrected chi connectivity index (χ2v) is 5.98. The highest BCUT2D eigenvalue weighted by molar-refractivity contribution is 5.70. The fourth-order valence-electron chi connectivity index (χ4n) is 2.03. The van der Waals surface area contributed by atoms with Crippen LogP contribution in [0.2, 0.25) is 0 Å². The van der Waals surface area contributed by atoms with Gasteiger partial charge in [-0.15, -0.1) is 0 Å². The number of rotatable bonds is 11. The molecule has 0 spiro atoms. The van der Waals surface area contributed by atoms with Crippen LogP contribution in [0.15, 0.2) is 24.3 Å². The molecule has 0 aliphatic heterocycles. The van der Waals surface area contributed by atoms with E-state index >= 15 is 0 Å². The fraction of sp³-hybridized carbons (Fsp3) is 0.722. The predicted molar refractivity (Wildman–Crippen MR) is 86.7 cm³/mol. The van der Waals surface area contributed by atoms with Crippen LogP contribution < -0.4 is 0 Å². The monoisotopic (exact) mass is 280 g/mol. The molecule has 1 unspecified atom stereocenters. The van der Waals surface area contributed by atoms with E-state index in [-0.39, 0.29) is 5.97 Å². The molecule has 1 atom stereocenters. The molecular weight excluding hydrogens is 248 g/mol. The van der Waals surface area contributed by atoms with Crippen molar-refractivity contribution < 1.29 is 9.53 Å². The quantitative estimate of drug-likeness (QED) is 0.280. The lowest BCUT2D eigenvalue weighted by Crippen LogP contribution is -2.29. The fourth-order valence-corrected chi connectivity index (χ4v) is 2.03. The van der Waals surface area contributed by atoms with Crippen molar-refractivity contribution in [1.29, 1.82) is 0 Å². The number of allylic oxidation sites excluding steroid dienone is 2. The van der Waals surface area contributed by atoms with Gasteiger partial charge in [0.05, 0.1) is 0 Å². The number of hydrogen-bond donors (Lipinski definition) is 0. The normalized spacial score (nSPS) is 13.4. The Morgan fingerprint density at radius 1 is 1.20 bits per heavy atom. The summed E-state index contributed by atoms with van der Waals surface area (Å²) in [5.41, 5.74) is 0.755. The van der Waals surface area contributed by atoms with Gasteiger partial charge in [0.25, 0.3) is 0 Å². The molecule has 0 N–H and O–H groups in total. The number of unbranched alkanes of at least 4 members (excludes halogenated alkanes) is 4. The van der Waals surface area contributed by atoms with Crippen molar-refractivity contribution in [2.24, 2.45) is 0 Å². The van der Waals surface area contributed by atoms with E-state index in [1.807, 2.05) is 6.92 Å². The molecule has 2 heteroatoms. The SMILES string of the molecule is C=CC(C)(CCC=C(C)C)OC(=O)CCCCCCC. The first-order chi connectivity index (χ1) is 9.43.